The van der Waals surface area contributed by atoms with Gasteiger partial charge in [-0.3, -0.25) is 19.7 Å². The lowest BCUT2D eigenvalue weighted by Crippen LogP contribution is -2.51. The molecule has 1 aromatic heterocycles. The van der Waals surface area contributed by atoms with Crippen LogP contribution in [0.3, 0.4) is 0 Å². The first-order chi connectivity index (χ1) is 15.6. The lowest BCUT2D eigenvalue weighted by molar-refractivity contribution is -0.384. The van der Waals surface area contributed by atoms with Crippen LogP contribution in [-0.2, 0) is 17.5 Å². The number of non-ortho nitro benzene ring substituents is 1. The third-order valence-electron chi connectivity index (χ3n) is 5.63. The number of nitro benzene ring substituents is 1. The fourth-order valence-electron chi connectivity index (χ4n) is 3.85. The van der Waals surface area contributed by atoms with Gasteiger partial charge in [-0.1, -0.05) is 6.07 Å². The molecule has 0 atom stereocenters. The van der Waals surface area contributed by atoms with E-state index >= 15 is 0 Å². The maximum Gasteiger partial charge on any atom is 0.416 e. The Bertz CT molecular complexity index is 1230. The summed E-state index contributed by atoms with van der Waals surface area (Å²) in [5, 5.41) is 11.6. The molecule has 2 aromatic carbocycles. The Morgan fingerprint density at radius 3 is 2.33 bits per heavy atom. The molecule has 8 nitrogen and oxygen atoms in total. The van der Waals surface area contributed by atoms with Crippen molar-refractivity contribution in [3.8, 4) is 0 Å². The fraction of sp³-hybridized carbons (Fsp3) is 0.273. The van der Waals surface area contributed by atoms with E-state index in [1.54, 1.807) is 27.8 Å². The van der Waals surface area contributed by atoms with Crippen molar-refractivity contribution in [2.45, 2.75) is 12.7 Å². The summed E-state index contributed by atoms with van der Waals surface area (Å²) < 4.78 is 40.5. The van der Waals surface area contributed by atoms with E-state index in [9.17, 15) is 32.9 Å². The molecule has 11 heteroatoms. The van der Waals surface area contributed by atoms with Crippen molar-refractivity contribution in [2.24, 2.45) is 0 Å². The number of nitrogens with zero attached hydrogens (tertiary/aromatic N) is 4. The second kappa shape index (κ2) is 8.57. The number of benzene rings is 2. The van der Waals surface area contributed by atoms with E-state index in [1.165, 1.54) is 29.2 Å². The van der Waals surface area contributed by atoms with E-state index in [1.807, 2.05) is 0 Å². The summed E-state index contributed by atoms with van der Waals surface area (Å²) in [6.45, 7) is 0.962. The molecule has 1 saturated heterocycles. The first kappa shape index (κ1) is 22.3. The van der Waals surface area contributed by atoms with Crippen LogP contribution in [0.25, 0.3) is 10.9 Å². The Hall–Kier alpha value is -3.89. The monoisotopic (exact) mass is 460 g/mol. The predicted molar refractivity (Wildman–Crippen MR) is 113 cm³/mol. The number of piperazine rings is 1. The zero-order valence-corrected chi connectivity index (χ0v) is 17.3. The molecule has 0 N–H and O–H groups in total. The Kier molecular flexibility index (Phi) is 5.79. The molecule has 0 radical (unpaired) electrons. The van der Waals surface area contributed by atoms with E-state index < -0.39 is 22.6 Å². The molecule has 172 valence electrons. The zero-order valence-electron chi connectivity index (χ0n) is 17.3. The van der Waals surface area contributed by atoms with Crippen molar-refractivity contribution in [3.63, 3.8) is 0 Å². The number of aromatic nitrogens is 1. The van der Waals surface area contributed by atoms with E-state index in [0.29, 0.717) is 10.9 Å². The molecule has 1 aliphatic heterocycles. The molecular formula is C22H19F3N4O4. The topological polar surface area (TPSA) is 88.7 Å². The maximum absolute atomic E-state index is 12.9. The van der Waals surface area contributed by atoms with Gasteiger partial charge in [-0.25, -0.2) is 0 Å². The third-order valence-corrected chi connectivity index (χ3v) is 5.63. The van der Waals surface area contributed by atoms with Gasteiger partial charge in [0.1, 0.15) is 6.54 Å². The van der Waals surface area contributed by atoms with Gasteiger partial charge in [0.05, 0.1) is 10.5 Å². The molecule has 0 bridgehead atoms. The van der Waals surface area contributed by atoms with Gasteiger partial charge in [-0.05, 0) is 30.3 Å². The zero-order chi connectivity index (χ0) is 23.8. The van der Waals surface area contributed by atoms with Crippen LogP contribution in [-0.4, -0.2) is 57.3 Å². The number of alkyl halides is 3. The number of fused-ring (bicyclic) bond motifs is 1. The molecular weight excluding hydrogens is 441 g/mol. The number of rotatable bonds is 4. The summed E-state index contributed by atoms with van der Waals surface area (Å²) >= 11 is 0. The van der Waals surface area contributed by atoms with Crippen LogP contribution in [0.5, 0.6) is 0 Å². The van der Waals surface area contributed by atoms with E-state index in [2.05, 4.69) is 0 Å². The minimum absolute atomic E-state index is 0.0306. The van der Waals surface area contributed by atoms with Gasteiger partial charge in [-0.2, -0.15) is 13.2 Å². The molecule has 2 amide bonds. The Morgan fingerprint density at radius 1 is 0.970 bits per heavy atom. The van der Waals surface area contributed by atoms with Crippen molar-refractivity contribution in [1.82, 2.24) is 14.4 Å². The Labute approximate surface area is 185 Å². The van der Waals surface area contributed by atoms with Crippen LogP contribution in [0, 0.1) is 10.1 Å². The molecule has 4 rings (SSSR count). The van der Waals surface area contributed by atoms with E-state index in [-0.39, 0.29) is 49.9 Å². The molecule has 2 heterocycles. The summed E-state index contributed by atoms with van der Waals surface area (Å²) in [6.07, 6.45) is -2.85. The predicted octanol–water partition coefficient (Wildman–Crippen LogP) is 3.55. The summed E-state index contributed by atoms with van der Waals surface area (Å²) in [5.74, 6) is -0.691. The number of nitro groups is 1. The second-order valence-electron chi connectivity index (χ2n) is 7.70. The highest BCUT2D eigenvalue weighted by Crippen LogP contribution is 2.30. The number of carbonyl (C=O) groups is 2. The summed E-state index contributed by atoms with van der Waals surface area (Å²) in [4.78, 5) is 38.9. The van der Waals surface area contributed by atoms with Crippen LogP contribution >= 0.6 is 0 Å². The van der Waals surface area contributed by atoms with Gasteiger partial charge in [0.2, 0.25) is 5.91 Å². The van der Waals surface area contributed by atoms with Crippen molar-refractivity contribution in [3.05, 3.63) is 76.0 Å². The normalized spacial score (nSPS) is 14.5. The quantitative estimate of drug-likeness (QED) is 0.440. The highest BCUT2D eigenvalue weighted by molar-refractivity contribution is 5.94. The molecule has 1 fully saturated rings. The molecule has 1 aliphatic rings. The Balaban J connectivity index is 1.38. The number of carbonyl (C=O) groups excluding carboxylic acids is 2. The van der Waals surface area contributed by atoms with Crippen molar-refractivity contribution in [2.75, 3.05) is 26.2 Å². The lowest BCUT2D eigenvalue weighted by atomic mass is 10.1. The second-order valence-corrected chi connectivity index (χ2v) is 7.70. The largest absolute Gasteiger partial charge is 0.416 e. The molecule has 0 spiro atoms. The van der Waals surface area contributed by atoms with E-state index in [0.717, 1.165) is 12.1 Å². The fourth-order valence-corrected chi connectivity index (χ4v) is 3.85. The summed E-state index contributed by atoms with van der Waals surface area (Å²) in [5.41, 5.74) is -0.274. The molecule has 0 saturated carbocycles. The average molecular weight is 460 g/mol. The van der Waals surface area contributed by atoms with Crippen molar-refractivity contribution < 1.29 is 27.7 Å². The van der Waals surface area contributed by atoms with Gasteiger partial charge < -0.3 is 14.4 Å². The standard InChI is InChI=1S/C22H19F3N4O4/c23-22(24,25)17-3-1-2-16(12-17)21(31)27-10-8-26(9-11-27)20(30)14-28-7-6-15-13-18(29(32)33)4-5-19(15)28/h1-7,12-13H,8-11,14H2. The lowest BCUT2D eigenvalue weighted by Gasteiger charge is -2.35. The van der Waals surface area contributed by atoms with Gasteiger partial charge >= 0.3 is 6.18 Å². The van der Waals surface area contributed by atoms with Crippen LogP contribution in [0.2, 0.25) is 0 Å². The molecule has 0 unspecified atom stereocenters. The van der Waals surface area contributed by atoms with Gasteiger partial charge in [0, 0.05) is 61.0 Å². The first-order valence-corrected chi connectivity index (χ1v) is 10.1. The smallest absolute Gasteiger partial charge is 0.338 e. The number of hydrogen-bond donors (Lipinski definition) is 0. The molecule has 33 heavy (non-hydrogen) atoms. The van der Waals surface area contributed by atoms with Crippen LogP contribution in [0.1, 0.15) is 15.9 Å². The minimum atomic E-state index is -4.53. The van der Waals surface area contributed by atoms with Crippen molar-refractivity contribution >= 4 is 28.4 Å². The minimum Gasteiger partial charge on any atom is -0.338 e. The number of halogens is 3. The van der Waals surface area contributed by atoms with Gasteiger partial charge in [0.25, 0.3) is 11.6 Å². The highest BCUT2D eigenvalue weighted by atomic mass is 19.4. The van der Waals surface area contributed by atoms with Gasteiger partial charge in [-0.15, -0.1) is 0 Å². The maximum atomic E-state index is 12.9. The van der Waals surface area contributed by atoms with Crippen molar-refractivity contribution in [1.29, 1.82) is 0 Å². The average Bonchev–Trinajstić information content (AvgIpc) is 3.20. The number of hydrogen-bond acceptors (Lipinski definition) is 4. The summed E-state index contributed by atoms with van der Waals surface area (Å²) in [6, 6.07) is 10.4. The van der Waals surface area contributed by atoms with E-state index in [4.69, 9.17) is 0 Å². The third kappa shape index (κ3) is 4.66. The van der Waals surface area contributed by atoms with Crippen LogP contribution in [0.15, 0.2) is 54.7 Å². The SMILES string of the molecule is O=C(Cn1ccc2cc([N+](=O)[O-])ccc21)N1CCN(C(=O)c2cccc(C(F)(F)F)c2)CC1. The molecule has 3 aromatic rings. The number of amides is 2. The highest BCUT2D eigenvalue weighted by Gasteiger charge is 2.32. The van der Waals surface area contributed by atoms with Crippen LogP contribution in [0.4, 0.5) is 18.9 Å². The van der Waals surface area contributed by atoms with Gasteiger partial charge in [0.15, 0.2) is 0 Å². The Morgan fingerprint density at radius 2 is 1.67 bits per heavy atom. The molecule has 0 aliphatic carbocycles. The van der Waals surface area contributed by atoms with Crippen LogP contribution < -0.4 is 0 Å². The summed E-state index contributed by atoms with van der Waals surface area (Å²) in [7, 11) is 0. The first-order valence-electron chi connectivity index (χ1n) is 10.1.